The van der Waals surface area contributed by atoms with Crippen molar-refractivity contribution < 1.29 is 9.47 Å². The maximum Gasteiger partial charge on any atom is 0.316 e. The zero-order chi connectivity index (χ0) is 20.8. The van der Waals surface area contributed by atoms with E-state index in [4.69, 9.17) is 21.1 Å². The number of rotatable bonds is 7. The molecule has 0 spiro atoms. The lowest BCUT2D eigenvalue weighted by molar-refractivity contribution is 0.0886. The number of likely N-dealkylation sites (tertiary alicyclic amines) is 1. The average molecular weight is 489 g/mol. The van der Waals surface area contributed by atoms with Gasteiger partial charge in [0, 0.05) is 47.1 Å². The number of nitrogens with zero attached hydrogens (tertiary/aromatic N) is 3. The lowest BCUT2D eigenvalue weighted by atomic mass is 10.1. The van der Waals surface area contributed by atoms with Crippen molar-refractivity contribution in [3.8, 4) is 11.8 Å². The van der Waals surface area contributed by atoms with Crippen LogP contribution in [0.25, 0.3) is 0 Å². The van der Waals surface area contributed by atoms with E-state index in [9.17, 15) is 0 Å². The first-order valence-electron chi connectivity index (χ1n) is 9.97. The highest BCUT2D eigenvalue weighted by Gasteiger charge is 2.22. The van der Waals surface area contributed by atoms with Gasteiger partial charge < -0.3 is 9.47 Å². The molecule has 0 N–H and O–H groups in total. The van der Waals surface area contributed by atoms with Crippen LogP contribution in [0.3, 0.4) is 0 Å². The molecule has 1 saturated heterocycles. The van der Waals surface area contributed by atoms with Crippen LogP contribution in [0.1, 0.15) is 24.0 Å². The van der Waals surface area contributed by atoms with Gasteiger partial charge in [0.05, 0.1) is 0 Å². The van der Waals surface area contributed by atoms with Crippen molar-refractivity contribution >= 4 is 27.5 Å². The van der Waals surface area contributed by atoms with Crippen molar-refractivity contribution in [2.75, 3.05) is 13.1 Å². The molecule has 5 nitrogen and oxygen atoms in total. The Balaban J connectivity index is 1.34. The van der Waals surface area contributed by atoms with Crippen LogP contribution < -0.4 is 9.47 Å². The van der Waals surface area contributed by atoms with E-state index < -0.39 is 0 Å². The Labute approximate surface area is 190 Å². The molecule has 7 heteroatoms. The standard InChI is InChI=1S/C23H23BrClN3O2/c24-19-4-7-22(29-16-17-2-5-20(25)6-3-17)18(14-19)15-28-12-8-21(9-13-28)30-23-26-10-1-11-27-23/h1-7,10-11,14,21H,8-9,12-13,15-16H2. The lowest BCUT2D eigenvalue weighted by Crippen LogP contribution is -2.38. The first-order chi connectivity index (χ1) is 14.7. The van der Waals surface area contributed by atoms with Gasteiger partial charge in [0.25, 0.3) is 0 Å². The van der Waals surface area contributed by atoms with Crippen molar-refractivity contribution in [2.24, 2.45) is 0 Å². The summed E-state index contributed by atoms with van der Waals surface area (Å²) in [5, 5.41) is 0.731. The van der Waals surface area contributed by atoms with Crippen LogP contribution in [0.15, 0.2) is 65.4 Å². The van der Waals surface area contributed by atoms with E-state index in [-0.39, 0.29) is 6.10 Å². The minimum atomic E-state index is 0.159. The summed E-state index contributed by atoms with van der Waals surface area (Å²) in [6, 6.07) is 16.2. The van der Waals surface area contributed by atoms with Crippen molar-refractivity contribution in [1.29, 1.82) is 0 Å². The second-order valence-electron chi connectivity index (χ2n) is 7.29. The highest BCUT2D eigenvalue weighted by molar-refractivity contribution is 9.10. The molecule has 4 rings (SSSR count). The monoisotopic (exact) mass is 487 g/mol. The van der Waals surface area contributed by atoms with Crippen LogP contribution in [0.2, 0.25) is 5.02 Å². The van der Waals surface area contributed by atoms with Crippen LogP contribution in [-0.4, -0.2) is 34.1 Å². The number of ether oxygens (including phenoxy) is 2. The van der Waals surface area contributed by atoms with Gasteiger partial charge in [-0.1, -0.05) is 39.7 Å². The Morgan fingerprint density at radius 1 is 1.03 bits per heavy atom. The third-order valence-electron chi connectivity index (χ3n) is 5.07. The largest absolute Gasteiger partial charge is 0.489 e. The van der Waals surface area contributed by atoms with Gasteiger partial charge in [0.1, 0.15) is 18.5 Å². The average Bonchev–Trinajstić information content (AvgIpc) is 2.76. The number of hydrogen-bond donors (Lipinski definition) is 0. The smallest absolute Gasteiger partial charge is 0.316 e. The van der Waals surface area contributed by atoms with Gasteiger partial charge in [0.15, 0.2) is 0 Å². The Morgan fingerprint density at radius 3 is 2.50 bits per heavy atom. The fourth-order valence-electron chi connectivity index (χ4n) is 3.48. The third kappa shape index (κ3) is 5.94. The molecular formula is C23H23BrClN3O2. The molecule has 0 aliphatic carbocycles. The molecule has 1 fully saturated rings. The van der Waals surface area contributed by atoms with E-state index >= 15 is 0 Å². The van der Waals surface area contributed by atoms with Gasteiger partial charge in [0.2, 0.25) is 0 Å². The van der Waals surface area contributed by atoms with Crippen LogP contribution >= 0.6 is 27.5 Å². The summed E-state index contributed by atoms with van der Waals surface area (Å²) in [7, 11) is 0. The SMILES string of the molecule is Clc1ccc(COc2ccc(Br)cc2CN2CCC(Oc3ncccn3)CC2)cc1. The molecule has 0 atom stereocenters. The fraction of sp³-hybridized carbons (Fsp3) is 0.304. The van der Waals surface area contributed by atoms with E-state index in [1.54, 1.807) is 18.5 Å². The summed E-state index contributed by atoms with van der Waals surface area (Å²) < 4.78 is 13.1. The van der Waals surface area contributed by atoms with E-state index in [0.717, 1.165) is 53.3 Å². The van der Waals surface area contributed by atoms with Crippen LogP contribution in [0.4, 0.5) is 0 Å². The molecular weight excluding hydrogens is 466 g/mol. The van der Waals surface area contributed by atoms with Crippen LogP contribution in [0.5, 0.6) is 11.8 Å². The molecule has 0 bridgehead atoms. The van der Waals surface area contributed by atoms with E-state index in [0.29, 0.717) is 12.6 Å². The normalized spacial score (nSPS) is 15.1. The van der Waals surface area contributed by atoms with E-state index in [2.05, 4.69) is 36.9 Å². The molecule has 0 unspecified atom stereocenters. The van der Waals surface area contributed by atoms with Gasteiger partial charge in [-0.05, 0) is 54.8 Å². The molecule has 1 aliphatic heterocycles. The molecule has 2 aromatic carbocycles. The molecule has 0 radical (unpaired) electrons. The summed E-state index contributed by atoms with van der Waals surface area (Å²) in [4.78, 5) is 10.7. The molecule has 1 aromatic heterocycles. The Morgan fingerprint density at radius 2 is 1.77 bits per heavy atom. The van der Waals surface area contributed by atoms with Crippen molar-refractivity contribution in [1.82, 2.24) is 14.9 Å². The van der Waals surface area contributed by atoms with Gasteiger partial charge in [-0.3, -0.25) is 4.90 Å². The van der Waals surface area contributed by atoms with E-state index in [1.165, 1.54) is 5.56 Å². The predicted octanol–water partition coefficient (Wildman–Crippen LogP) is 5.51. The fourth-order valence-corrected chi connectivity index (χ4v) is 4.01. The number of halogens is 2. The molecule has 1 aliphatic rings. The first-order valence-corrected chi connectivity index (χ1v) is 11.1. The minimum Gasteiger partial charge on any atom is -0.489 e. The molecule has 30 heavy (non-hydrogen) atoms. The second kappa shape index (κ2) is 10.2. The number of benzene rings is 2. The number of aromatic nitrogens is 2. The molecule has 0 amide bonds. The number of hydrogen-bond acceptors (Lipinski definition) is 5. The second-order valence-corrected chi connectivity index (χ2v) is 8.64. The maximum absolute atomic E-state index is 6.13. The minimum absolute atomic E-state index is 0.159. The van der Waals surface area contributed by atoms with Gasteiger partial charge in [-0.2, -0.15) is 0 Å². The molecule has 0 saturated carbocycles. The van der Waals surface area contributed by atoms with Crippen LogP contribution in [0, 0.1) is 0 Å². The zero-order valence-corrected chi connectivity index (χ0v) is 18.8. The Kier molecular flexibility index (Phi) is 7.20. The van der Waals surface area contributed by atoms with Gasteiger partial charge in [-0.25, -0.2) is 9.97 Å². The number of piperidine rings is 1. The van der Waals surface area contributed by atoms with Crippen molar-refractivity contribution in [3.05, 3.63) is 81.5 Å². The van der Waals surface area contributed by atoms with Crippen molar-refractivity contribution in [3.63, 3.8) is 0 Å². The summed E-state index contributed by atoms with van der Waals surface area (Å²) in [6.07, 6.45) is 5.47. The van der Waals surface area contributed by atoms with Crippen LogP contribution in [-0.2, 0) is 13.2 Å². The summed E-state index contributed by atoms with van der Waals surface area (Å²) in [5.74, 6) is 0.907. The summed E-state index contributed by atoms with van der Waals surface area (Å²) >= 11 is 9.56. The third-order valence-corrected chi connectivity index (χ3v) is 5.82. The summed E-state index contributed by atoms with van der Waals surface area (Å²) in [5.41, 5.74) is 2.26. The Hall–Kier alpha value is -2.15. The quantitative estimate of drug-likeness (QED) is 0.438. The van der Waals surface area contributed by atoms with Gasteiger partial charge >= 0.3 is 6.01 Å². The molecule has 3 aromatic rings. The first kappa shape index (κ1) is 21.1. The highest BCUT2D eigenvalue weighted by Crippen LogP contribution is 2.27. The summed E-state index contributed by atoms with van der Waals surface area (Å²) in [6.45, 7) is 3.27. The molecule has 156 valence electrons. The lowest BCUT2D eigenvalue weighted by Gasteiger charge is -2.32. The van der Waals surface area contributed by atoms with E-state index in [1.807, 2.05) is 36.4 Å². The van der Waals surface area contributed by atoms with Gasteiger partial charge in [-0.15, -0.1) is 0 Å². The maximum atomic E-state index is 6.13. The predicted molar refractivity (Wildman–Crippen MR) is 121 cm³/mol. The van der Waals surface area contributed by atoms with Crippen molar-refractivity contribution in [2.45, 2.75) is 32.1 Å². The molecule has 2 heterocycles. The highest BCUT2D eigenvalue weighted by atomic mass is 79.9. The Bertz CT molecular complexity index is 948. The topological polar surface area (TPSA) is 47.5 Å². The zero-order valence-electron chi connectivity index (χ0n) is 16.5.